The lowest BCUT2D eigenvalue weighted by atomic mass is 10.0. The molecule has 74 valence electrons. The van der Waals surface area contributed by atoms with Crippen LogP contribution in [0.4, 0.5) is 0 Å². The Morgan fingerprint density at radius 1 is 1.62 bits per heavy atom. The zero-order valence-electron chi connectivity index (χ0n) is 7.70. The van der Waals surface area contributed by atoms with Crippen LogP contribution >= 0.6 is 0 Å². The van der Waals surface area contributed by atoms with Crippen LogP contribution in [0.1, 0.15) is 6.42 Å². The van der Waals surface area contributed by atoms with Crippen molar-refractivity contribution in [3.05, 3.63) is 0 Å². The van der Waals surface area contributed by atoms with E-state index in [0.717, 1.165) is 0 Å². The maximum Gasteiger partial charge on any atom is 0.311 e. The smallest absolute Gasteiger partial charge is 0.311 e. The van der Waals surface area contributed by atoms with E-state index in [0.29, 0.717) is 6.61 Å². The molecule has 1 N–H and O–H groups in total. The highest BCUT2D eigenvalue weighted by atomic mass is 16.5. The summed E-state index contributed by atoms with van der Waals surface area (Å²) in [6, 6.07) is -0.245. The Morgan fingerprint density at radius 3 is 2.85 bits per heavy atom. The molecule has 0 radical (unpaired) electrons. The van der Waals surface area contributed by atoms with Gasteiger partial charge in [0.1, 0.15) is 0 Å². The first-order valence-corrected chi connectivity index (χ1v) is 4.05. The van der Waals surface area contributed by atoms with Gasteiger partial charge in [-0.25, -0.2) is 0 Å². The fourth-order valence-electron chi connectivity index (χ4n) is 1.44. The molecule has 1 aliphatic rings. The van der Waals surface area contributed by atoms with Gasteiger partial charge >= 0.3 is 5.97 Å². The lowest BCUT2D eigenvalue weighted by Crippen LogP contribution is -2.36. The molecule has 1 heterocycles. The molecule has 2 atom stereocenters. The lowest BCUT2D eigenvalue weighted by molar-refractivity contribution is -0.146. The van der Waals surface area contributed by atoms with E-state index < -0.39 is 5.92 Å². The van der Waals surface area contributed by atoms with Gasteiger partial charge in [-0.1, -0.05) is 0 Å². The summed E-state index contributed by atoms with van der Waals surface area (Å²) < 4.78 is 9.45. The number of carbonyl (C=O) groups is 2. The molecule has 1 aliphatic heterocycles. The second kappa shape index (κ2) is 4.23. The number of amides is 1. The molecule has 13 heavy (non-hydrogen) atoms. The van der Waals surface area contributed by atoms with Crippen LogP contribution in [-0.2, 0) is 19.1 Å². The van der Waals surface area contributed by atoms with Crippen LogP contribution in [0.5, 0.6) is 0 Å². The highest BCUT2D eigenvalue weighted by molar-refractivity contribution is 5.87. The van der Waals surface area contributed by atoms with Crippen LogP contribution in [0.15, 0.2) is 0 Å². The van der Waals surface area contributed by atoms with E-state index >= 15 is 0 Å². The molecule has 5 nitrogen and oxygen atoms in total. The summed E-state index contributed by atoms with van der Waals surface area (Å²) in [5.74, 6) is -0.893. The Labute approximate surface area is 76.4 Å². The molecule has 0 saturated carbocycles. The highest BCUT2D eigenvalue weighted by Gasteiger charge is 2.38. The molecule has 0 aliphatic carbocycles. The van der Waals surface area contributed by atoms with E-state index in [4.69, 9.17) is 4.74 Å². The summed E-state index contributed by atoms with van der Waals surface area (Å²) in [5.41, 5.74) is 0. The minimum Gasteiger partial charge on any atom is -0.469 e. The fraction of sp³-hybridized carbons (Fsp3) is 0.750. The number of carbonyl (C=O) groups excluding carboxylic acids is 2. The van der Waals surface area contributed by atoms with Crippen LogP contribution in [0.25, 0.3) is 0 Å². The summed E-state index contributed by atoms with van der Waals surface area (Å²) in [4.78, 5) is 22.2. The van der Waals surface area contributed by atoms with Crippen molar-refractivity contribution < 1.29 is 19.1 Å². The predicted molar refractivity (Wildman–Crippen MR) is 43.9 cm³/mol. The third-order valence-corrected chi connectivity index (χ3v) is 2.09. The number of ether oxygens (including phenoxy) is 2. The van der Waals surface area contributed by atoms with Crippen molar-refractivity contribution in [2.75, 3.05) is 20.8 Å². The minimum absolute atomic E-state index is 0.127. The van der Waals surface area contributed by atoms with Gasteiger partial charge < -0.3 is 14.8 Å². The van der Waals surface area contributed by atoms with Crippen molar-refractivity contribution >= 4 is 11.9 Å². The van der Waals surface area contributed by atoms with E-state index in [9.17, 15) is 9.59 Å². The first-order chi connectivity index (χ1) is 6.19. The number of nitrogens with one attached hydrogen (secondary N) is 1. The Bertz CT molecular complexity index is 216. The van der Waals surface area contributed by atoms with Gasteiger partial charge in [0.25, 0.3) is 0 Å². The summed E-state index contributed by atoms with van der Waals surface area (Å²) >= 11 is 0. The van der Waals surface area contributed by atoms with Crippen molar-refractivity contribution in [2.45, 2.75) is 12.5 Å². The predicted octanol–water partition coefficient (Wildman–Crippen LogP) is -0.689. The molecule has 2 unspecified atom stereocenters. The summed E-state index contributed by atoms with van der Waals surface area (Å²) in [6.07, 6.45) is 0.195. The van der Waals surface area contributed by atoms with Crippen molar-refractivity contribution in [3.8, 4) is 0 Å². The molecule has 1 saturated heterocycles. The molecule has 1 amide bonds. The Morgan fingerprint density at radius 2 is 2.31 bits per heavy atom. The van der Waals surface area contributed by atoms with Crippen LogP contribution in [-0.4, -0.2) is 38.7 Å². The van der Waals surface area contributed by atoms with Gasteiger partial charge in [0.2, 0.25) is 5.91 Å². The monoisotopic (exact) mass is 187 g/mol. The maximum atomic E-state index is 11.2. The number of rotatable bonds is 3. The number of esters is 1. The normalized spacial score (nSPS) is 27.1. The van der Waals surface area contributed by atoms with Crippen LogP contribution in [0.3, 0.4) is 0 Å². The largest absolute Gasteiger partial charge is 0.469 e. The second-order valence-electron chi connectivity index (χ2n) is 2.96. The molecule has 0 bridgehead atoms. The Hall–Kier alpha value is -1.10. The fourth-order valence-corrected chi connectivity index (χ4v) is 1.44. The van der Waals surface area contributed by atoms with Crippen molar-refractivity contribution in [3.63, 3.8) is 0 Å². The lowest BCUT2D eigenvalue weighted by Gasteiger charge is -2.15. The average Bonchev–Trinajstić information content (AvgIpc) is 2.46. The zero-order valence-corrected chi connectivity index (χ0v) is 7.70. The molecule has 0 spiro atoms. The molecule has 0 aromatic rings. The molecule has 1 fully saturated rings. The topological polar surface area (TPSA) is 64.6 Å². The number of hydrogen-bond acceptors (Lipinski definition) is 4. The zero-order chi connectivity index (χ0) is 9.84. The first kappa shape index (κ1) is 9.98. The van der Waals surface area contributed by atoms with Crippen LogP contribution in [0, 0.1) is 5.92 Å². The molecule has 1 rings (SSSR count). The van der Waals surface area contributed by atoms with Gasteiger partial charge in [0.15, 0.2) is 0 Å². The third-order valence-electron chi connectivity index (χ3n) is 2.09. The van der Waals surface area contributed by atoms with E-state index in [1.165, 1.54) is 14.2 Å². The summed E-state index contributed by atoms with van der Waals surface area (Å²) in [6.45, 7) is 0.339. The van der Waals surface area contributed by atoms with Crippen molar-refractivity contribution in [2.24, 2.45) is 5.92 Å². The van der Waals surface area contributed by atoms with Crippen molar-refractivity contribution in [1.82, 2.24) is 5.32 Å². The van der Waals surface area contributed by atoms with E-state index in [2.05, 4.69) is 10.1 Å². The van der Waals surface area contributed by atoms with Gasteiger partial charge in [-0.3, -0.25) is 9.59 Å². The first-order valence-electron chi connectivity index (χ1n) is 4.05. The molecule has 0 aromatic heterocycles. The third kappa shape index (κ3) is 2.18. The SMILES string of the molecule is COCC1NC(=O)CC1C(=O)OC. The standard InChI is InChI=1S/C8H13NO4/c1-12-4-6-5(8(11)13-2)3-7(10)9-6/h5-6H,3-4H2,1-2H3,(H,9,10). The Kier molecular flexibility index (Phi) is 3.25. The second-order valence-corrected chi connectivity index (χ2v) is 2.96. The molecular formula is C8H13NO4. The van der Waals surface area contributed by atoms with Gasteiger partial charge in [0.05, 0.1) is 25.7 Å². The molecular weight excluding hydrogens is 174 g/mol. The van der Waals surface area contributed by atoms with Crippen molar-refractivity contribution in [1.29, 1.82) is 0 Å². The number of hydrogen-bond donors (Lipinski definition) is 1. The average molecular weight is 187 g/mol. The van der Waals surface area contributed by atoms with Crippen LogP contribution < -0.4 is 5.32 Å². The summed E-state index contributed by atoms with van der Waals surface area (Å²) in [5, 5.41) is 2.66. The highest BCUT2D eigenvalue weighted by Crippen LogP contribution is 2.18. The van der Waals surface area contributed by atoms with Gasteiger partial charge in [-0.05, 0) is 0 Å². The van der Waals surface area contributed by atoms with E-state index in [1.54, 1.807) is 0 Å². The molecule has 0 aromatic carbocycles. The van der Waals surface area contributed by atoms with E-state index in [1.807, 2.05) is 0 Å². The van der Waals surface area contributed by atoms with Gasteiger partial charge in [-0.2, -0.15) is 0 Å². The van der Waals surface area contributed by atoms with Gasteiger partial charge in [0, 0.05) is 13.5 Å². The van der Waals surface area contributed by atoms with Crippen LogP contribution in [0.2, 0.25) is 0 Å². The number of methoxy groups -OCH3 is 2. The minimum atomic E-state index is -0.405. The quantitative estimate of drug-likeness (QED) is 0.594. The van der Waals surface area contributed by atoms with E-state index in [-0.39, 0.29) is 24.3 Å². The molecule has 5 heteroatoms. The maximum absolute atomic E-state index is 11.2. The Balaban J connectivity index is 2.60. The van der Waals surface area contributed by atoms with Gasteiger partial charge in [-0.15, -0.1) is 0 Å². The summed E-state index contributed by atoms with van der Waals surface area (Å²) in [7, 11) is 2.84.